The predicted octanol–water partition coefficient (Wildman–Crippen LogP) is 6.85. The summed E-state index contributed by atoms with van der Waals surface area (Å²) in [5.74, 6) is -0.249. The van der Waals surface area contributed by atoms with E-state index in [1.54, 1.807) is 12.1 Å². The molecule has 0 bridgehead atoms. The molecule has 0 heterocycles. The summed E-state index contributed by atoms with van der Waals surface area (Å²) >= 11 is 0. The molecule has 0 saturated heterocycles. The number of carbonyl (C=O) groups is 1. The van der Waals surface area contributed by atoms with Gasteiger partial charge in [-0.25, -0.2) is 4.79 Å². The van der Waals surface area contributed by atoms with Crippen molar-refractivity contribution in [3.05, 3.63) is 69.8 Å². The van der Waals surface area contributed by atoms with Gasteiger partial charge in [0.15, 0.2) is 0 Å². The van der Waals surface area contributed by atoms with Crippen molar-refractivity contribution in [3.63, 3.8) is 0 Å². The Labute approximate surface area is 169 Å². The number of allylic oxidation sites excluding steroid dienone is 1. The monoisotopic (exact) mass is 376 g/mol. The highest BCUT2D eigenvalue weighted by Gasteiger charge is 2.42. The highest BCUT2D eigenvalue weighted by molar-refractivity contribution is 5.88. The summed E-state index contributed by atoms with van der Waals surface area (Å²) in [7, 11) is 0. The summed E-state index contributed by atoms with van der Waals surface area (Å²) in [4.78, 5) is 11.1. The van der Waals surface area contributed by atoms with Crippen molar-refractivity contribution in [1.29, 1.82) is 0 Å². The molecule has 1 atom stereocenters. The van der Waals surface area contributed by atoms with Crippen LogP contribution in [0.25, 0.3) is 11.6 Å². The summed E-state index contributed by atoms with van der Waals surface area (Å²) in [6.07, 6.45) is 3.33. The van der Waals surface area contributed by atoms with Crippen molar-refractivity contribution in [2.45, 2.75) is 65.7 Å². The first kappa shape index (κ1) is 20.4. The van der Waals surface area contributed by atoms with Crippen LogP contribution in [0.2, 0.25) is 0 Å². The molecule has 0 fully saturated rings. The molecule has 0 amide bonds. The van der Waals surface area contributed by atoms with Crippen LogP contribution in [-0.2, 0) is 10.8 Å². The quantitative estimate of drug-likeness (QED) is 0.595. The molecule has 1 aliphatic rings. The van der Waals surface area contributed by atoms with E-state index in [0.29, 0.717) is 11.5 Å². The number of carboxylic acid groups (broad SMARTS) is 1. The first-order valence-electron chi connectivity index (χ1n) is 10.1. The summed E-state index contributed by atoms with van der Waals surface area (Å²) < 4.78 is 0. The van der Waals surface area contributed by atoms with Gasteiger partial charge in [-0.2, -0.15) is 0 Å². The third-order valence-electron chi connectivity index (χ3n) is 6.80. The molecular formula is C26H32O2. The van der Waals surface area contributed by atoms with Crippen molar-refractivity contribution >= 4 is 17.6 Å². The number of carboxylic acids is 1. The lowest BCUT2D eigenvalue weighted by Gasteiger charge is -2.47. The van der Waals surface area contributed by atoms with E-state index in [-0.39, 0.29) is 10.8 Å². The number of fused-ring (bicyclic) bond motifs is 1. The molecule has 28 heavy (non-hydrogen) atoms. The zero-order valence-electron chi connectivity index (χ0n) is 18.2. The van der Waals surface area contributed by atoms with Crippen molar-refractivity contribution in [1.82, 2.24) is 0 Å². The zero-order valence-corrected chi connectivity index (χ0v) is 18.2. The van der Waals surface area contributed by atoms with Gasteiger partial charge < -0.3 is 5.11 Å². The Kier molecular flexibility index (Phi) is 5.04. The number of rotatable bonds is 3. The largest absolute Gasteiger partial charge is 0.478 e. The fraction of sp³-hybridized carbons (Fsp3) is 0.423. The third-order valence-corrected chi connectivity index (χ3v) is 6.80. The van der Waals surface area contributed by atoms with E-state index in [1.165, 1.54) is 34.2 Å². The minimum absolute atomic E-state index is 0.163. The van der Waals surface area contributed by atoms with Crippen LogP contribution < -0.4 is 0 Å². The summed E-state index contributed by atoms with van der Waals surface area (Å²) in [5, 5.41) is 9.08. The van der Waals surface area contributed by atoms with E-state index < -0.39 is 5.97 Å². The van der Waals surface area contributed by atoms with E-state index in [4.69, 9.17) is 5.11 Å². The standard InChI is InChI=1S/C26H32O2/c1-16(12-19-8-10-20(11-9-19)24(27)28)21-14-22-23(13-17(21)2)26(6,7)18(3)15-25(22,4)5/h8-14,18H,15H2,1-7H3,(H,27,28)/b16-12+. The van der Waals surface area contributed by atoms with Gasteiger partial charge in [0.05, 0.1) is 5.56 Å². The first-order chi connectivity index (χ1) is 12.9. The van der Waals surface area contributed by atoms with Crippen molar-refractivity contribution in [3.8, 4) is 0 Å². The van der Waals surface area contributed by atoms with Crippen LogP contribution in [0.3, 0.4) is 0 Å². The van der Waals surface area contributed by atoms with Crippen molar-refractivity contribution in [2.75, 3.05) is 0 Å². The van der Waals surface area contributed by atoms with E-state index in [1.807, 2.05) is 12.1 Å². The molecule has 0 radical (unpaired) electrons. The van der Waals surface area contributed by atoms with Gasteiger partial charge in [-0.05, 0) is 82.5 Å². The summed E-state index contributed by atoms with van der Waals surface area (Å²) in [6.45, 7) is 16.2. The van der Waals surface area contributed by atoms with Crippen LogP contribution in [-0.4, -0.2) is 11.1 Å². The van der Waals surface area contributed by atoms with Crippen LogP contribution in [0, 0.1) is 12.8 Å². The smallest absolute Gasteiger partial charge is 0.335 e. The lowest BCUT2D eigenvalue weighted by molar-refractivity contribution is 0.0697. The molecule has 1 unspecified atom stereocenters. The lowest BCUT2D eigenvalue weighted by Crippen LogP contribution is -2.40. The molecule has 3 rings (SSSR count). The Morgan fingerprint density at radius 3 is 2.25 bits per heavy atom. The molecule has 2 aromatic carbocycles. The van der Waals surface area contributed by atoms with Crippen molar-refractivity contribution < 1.29 is 9.90 Å². The molecular weight excluding hydrogens is 344 g/mol. The third kappa shape index (κ3) is 3.53. The maximum Gasteiger partial charge on any atom is 0.335 e. The fourth-order valence-corrected chi connectivity index (χ4v) is 4.67. The number of benzene rings is 2. The first-order valence-corrected chi connectivity index (χ1v) is 10.1. The normalized spacial score (nSPS) is 20.5. The average molecular weight is 377 g/mol. The second-order valence-corrected chi connectivity index (χ2v) is 9.68. The molecule has 1 N–H and O–H groups in total. The van der Waals surface area contributed by atoms with E-state index in [0.717, 1.165) is 5.56 Å². The summed E-state index contributed by atoms with van der Waals surface area (Å²) in [6, 6.07) is 11.9. The van der Waals surface area contributed by atoms with Gasteiger partial charge in [-0.15, -0.1) is 0 Å². The molecule has 0 saturated carbocycles. The number of aryl methyl sites for hydroxylation is 1. The zero-order chi connectivity index (χ0) is 20.9. The van der Waals surface area contributed by atoms with Crippen LogP contribution in [0.15, 0.2) is 36.4 Å². The Balaban J connectivity index is 2.07. The second-order valence-electron chi connectivity index (χ2n) is 9.68. The number of hydrogen-bond donors (Lipinski definition) is 1. The Morgan fingerprint density at radius 2 is 1.68 bits per heavy atom. The molecule has 0 aromatic heterocycles. The molecule has 0 aliphatic heterocycles. The van der Waals surface area contributed by atoms with Crippen LogP contribution in [0.4, 0.5) is 0 Å². The SMILES string of the molecule is C/C(=C\c1ccc(C(=O)O)cc1)c1cc2c(cc1C)C(C)(C)C(C)CC2(C)C. The van der Waals surface area contributed by atoms with Gasteiger partial charge in [-0.1, -0.05) is 65.0 Å². The molecule has 148 valence electrons. The van der Waals surface area contributed by atoms with E-state index >= 15 is 0 Å². The van der Waals surface area contributed by atoms with Crippen LogP contribution in [0.5, 0.6) is 0 Å². The van der Waals surface area contributed by atoms with Crippen LogP contribution >= 0.6 is 0 Å². The maximum atomic E-state index is 11.1. The van der Waals surface area contributed by atoms with E-state index in [9.17, 15) is 4.79 Å². The van der Waals surface area contributed by atoms with Gasteiger partial charge in [0.1, 0.15) is 0 Å². The fourth-order valence-electron chi connectivity index (χ4n) is 4.67. The summed E-state index contributed by atoms with van der Waals surface area (Å²) in [5.41, 5.74) is 8.41. The highest BCUT2D eigenvalue weighted by atomic mass is 16.4. The van der Waals surface area contributed by atoms with Gasteiger partial charge in [0.25, 0.3) is 0 Å². The average Bonchev–Trinajstić information content (AvgIpc) is 2.60. The molecule has 2 heteroatoms. The lowest BCUT2D eigenvalue weighted by atomic mass is 9.58. The van der Waals surface area contributed by atoms with Crippen LogP contribution in [0.1, 0.15) is 86.1 Å². The van der Waals surface area contributed by atoms with E-state index in [2.05, 4.69) is 66.7 Å². The molecule has 0 spiro atoms. The van der Waals surface area contributed by atoms with Gasteiger partial charge in [0.2, 0.25) is 0 Å². The Hall–Kier alpha value is -2.35. The second kappa shape index (κ2) is 6.92. The number of aromatic carboxylic acids is 1. The molecule has 1 aliphatic carbocycles. The van der Waals surface area contributed by atoms with Gasteiger partial charge in [0, 0.05) is 0 Å². The molecule has 2 aromatic rings. The number of hydrogen-bond acceptors (Lipinski definition) is 1. The minimum Gasteiger partial charge on any atom is -0.478 e. The molecule has 2 nitrogen and oxygen atoms in total. The highest BCUT2D eigenvalue weighted by Crippen LogP contribution is 2.50. The maximum absolute atomic E-state index is 11.1. The van der Waals surface area contributed by atoms with Gasteiger partial charge >= 0.3 is 5.97 Å². The minimum atomic E-state index is -0.892. The Morgan fingerprint density at radius 1 is 1.07 bits per heavy atom. The van der Waals surface area contributed by atoms with Gasteiger partial charge in [-0.3, -0.25) is 0 Å². The topological polar surface area (TPSA) is 37.3 Å². The van der Waals surface area contributed by atoms with Crippen molar-refractivity contribution in [2.24, 2.45) is 5.92 Å². The predicted molar refractivity (Wildman–Crippen MR) is 118 cm³/mol. The Bertz CT molecular complexity index is 943.